The highest BCUT2D eigenvalue weighted by molar-refractivity contribution is 5.95. The minimum absolute atomic E-state index is 0.0456. The quantitative estimate of drug-likeness (QED) is 0.843. The van der Waals surface area contributed by atoms with E-state index in [-0.39, 0.29) is 24.5 Å². The molecule has 0 bridgehead atoms. The topological polar surface area (TPSA) is 61.9 Å². The second-order valence-corrected chi connectivity index (χ2v) is 8.07. The molecule has 2 amide bonds. The summed E-state index contributed by atoms with van der Waals surface area (Å²) in [5, 5.41) is 3.34. The number of nitrogens with zero attached hydrogens (tertiary/aromatic N) is 2. The first-order valence-corrected chi connectivity index (χ1v) is 10.5. The number of carbonyl (C=O) groups is 2. The molecule has 2 fully saturated rings. The smallest absolute Gasteiger partial charge is 0.260 e. The van der Waals surface area contributed by atoms with Gasteiger partial charge >= 0.3 is 0 Å². The van der Waals surface area contributed by atoms with E-state index in [9.17, 15) is 9.59 Å². The van der Waals surface area contributed by atoms with Gasteiger partial charge in [0.2, 0.25) is 0 Å². The molecule has 3 rings (SSSR count). The van der Waals surface area contributed by atoms with Crippen LogP contribution in [0, 0.1) is 13.8 Å². The average Bonchev–Trinajstić information content (AvgIpc) is 2.73. The number of likely N-dealkylation sites (tertiary alicyclic amines) is 1. The van der Waals surface area contributed by atoms with Gasteiger partial charge in [0.1, 0.15) is 5.75 Å². The summed E-state index contributed by atoms with van der Waals surface area (Å²) in [5.74, 6) is 0.810. The minimum Gasteiger partial charge on any atom is -0.483 e. The molecular formula is C22H33N3O3. The third kappa shape index (κ3) is 4.85. The Hall–Kier alpha value is -2.08. The van der Waals surface area contributed by atoms with Crippen LogP contribution in [0.4, 0.5) is 0 Å². The Kier molecular flexibility index (Phi) is 6.94. The lowest BCUT2D eigenvalue weighted by atomic mass is 10.0. The van der Waals surface area contributed by atoms with Gasteiger partial charge in [-0.15, -0.1) is 0 Å². The van der Waals surface area contributed by atoms with Gasteiger partial charge in [0, 0.05) is 31.7 Å². The zero-order chi connectivity index (χ0) is 20.1. The van der Waals surface area contributed by atoms with Crippen molar-refractivity contribution in [2.24, 2.45) is 0 Å². The van der Waals surface area contributed by atoms with Gasteiger partial charge in [0.15, 0.2) is 6.61 Å². The molecule has 0 spiro atoms. The molecule has 2 saturated heterocycles. The molecule has 154 valence electrons. The fourth-order valence-electron chi connectivity index (χ4n) is 4.23. The summed E-state index contributed by atoms with van der Waals surface area (Å²) < 4.78 is 5.87. The normalized spacial score (nSPS) is 18.0. The average molecular weight is 388 g/mol. The molecule has 0 aliphatic carbocycles. The van der Waals surface area contributed by atoms with Gasteiger partial charge in [-0.25, -0.2) is 0 Å². The number of benzene rings is 1. The Morgan fingerprint density at radius 2 is 1.71 bits per heavy atom. The van der Waals surface area contributed by atoms with Crippen LogP contribution in [-0.2, 0) is 4.79 Å². The lowest BCUT2D eigenvalue weighted by molar-refractivity contribution is -0.134. The Bertz CT molecular complexity index is 684. The van der Waals surface area contributed by atoms with Gasteiger partial charge in [-0.2, -0.15) is 0 Å². The molecule has 0 unspecified atom stereocenters. The van der Waals surface area contributed by atoms with Gasteiger partial charge in [0.05, 0.1) is 0 Å². The molecule has 1 aromatic carbocycles. The highest BCUT2D eigenvalue weighted by Crippen LogP contribution is 2.26. The van der Waals surface area contributed by atoms with E-state index < -0.39 is 0 Å². The van der Waals surface area contributed by atoms with Crippen molar-refractivity contribution in [1.82, 2.24) is 15.1 Å². The molecule has 28 heavy (non-hydrogen) atoms. The van der Waals surface area contributed by atoms with Gasteiger partial charge in [-0.3, -0.25) is 9.59 Å². The standard InChI is InChI=1S/C22H33N3O3/c1-16-13-18(22(27)24(3)19-7-9-23-10-8-19)14-17(2)21(16)28-15-20(26)25-11-5-4-6-12-25/h13-14,19,23H,4-12,15H2,1-3H3. The molecule has 2 heterocycles. The molecule has 1 aromatic rings. The lowest BCUT2D eigenvalue weighted by Gasteiger charge is -2.32. The summed E-state index contributed by atoms with van der Waals surface area (Å²) in [7, 11) is 1.89. The number of hydrogen-bond acceptors (Lipinski definition) is 4. The number of nitrogens with one attached hydrogen (secondary N) is 1. The summed E-state index contributed by atoms with van der Waals surface area (Å²) in [4.78, 5) is 29.1. The number of carbonyl (C=O) groups excluding carboxylic acids is 2. The minimum atomic E-state index is 0.0456. The third-order valence-electron chi connectivity index (χ3n) is 5.93. The summed E-state index contributed by atoms with van der Waals surface area (Å²) in [6.45, 7) is 7.51. The summed E-state index contributed by atoms with van der Waals surface area (Å²) in [5.41, 5.74) is 2.48. The fourth-order valence-corrected chi connectivity index (χ4v) is 4.23. The summed E-state index contributed by atoms with van der Waals surface area (Å²) in [6.07, 6.45) is 5.32. The molecule has 2 aliphatic heterocycles. The van der Waals surface area contributed by atoms with Crippen LogP contribution in [0.3, 0.4) is 0 Å². The molecule has 0 radical (unpaired) electrons. The fraction of sp³-hybridized carbons (Fsp3) is 0.636. The lowest BCUT2D eigenvalue weighted by Crippen LogP contribution is -2.44. The van der Waals surface area contributed by atoms with E-state index in [1.165, 1.54) is 6.42 Å². The molecule has 0 atom stereocenters. The summed E-state index contributed by atoms with van der Waals surface area (Å²) >= 11 is 0. The van der Waals surface area contributed by atoms with E-state index in [2.05, 4.69) is 5.32 Å². The van der Waals surface area contributed by atoms with E-state index >= 15 is 0 Å². The number of ether oxygens (including phenoxy) is 1. The first kappa shape index (κ1) is 20.6. The molecule has 2 aliphatic rings. The van der Waals surface area contributed by atoms with Crippen molar-refractivity contribution in [2.45, 2.75) is 52.0 Å². The molecule has 6 nitrogen and oxygen atoms in total. The van der Waals surface area contributed by atoms with Crippen molar-refractivity contribution >= 4 is 11.8 Å². The number of amides is 2. The maximum atomic E-state index is 12.9. The highest BCUT2D eigenvalue weighted by atomic mass is 16.5. The molecule has 6 heteroatoms. The second-order valence-electron chi connectivity index (χ2n) is 8.07. The summed E-state index contributed by atoms with van der Waals surface area (Å²) in [6, 6.07) is 4.05. The third-order valence-corrected chi connectivity index (χ3v) is 5.93. The van der Waals surface area contributed by atoms with E-state index in [4.69, 9.17) is 4.74 Å². The van der Waals surface area contributed by atoms with Gasteiger partial charge in [-0.1, -0.05) is 0 Å². The van der Waals surface area contributed by atoms with Crippen LogP contribution in [0.15, 0.2) is 12.1 Å². The molecule has 1 N–H and O–H groups in total. The van der Waals surface area contributed by atoms with Crippen molar-refractivity contribution in [3.63, 3.8) is 0 Å². The molecule has 0 aromatic heterocycles. The first-order valence-electron chi connectivity index (χ1n) is 10.5. The van der Waals surface area contributed by atoms with E-state index in [1.807, 2.05) is 42.8 Å². The van der Waals surface area contributed by atoms with Gasteiger partial charge in [-0.05, 0) is 82.3 Å². The maximum absolute atomic E-state index is 12.9. The largest absolute Gasteiger partial charge is 0.483 e. The van der Waals surface area contributed by atoms with Crippen LogP contribution < -0.4 is 10.1 Å². The Balaban J connectivity index is 1.64. The van der Waals surface area contributed by atoms with Crippen molar-refractivity contribution in [3.8, 4) is 5.75 Å². The van der Waals surface area contributed by atoms with Crippen molar-refractivity contribution in [2.75, 3.05) is 39.8 Å². The van der Waals surface area contributed by atoms with Gasteiger partial charge < -0.3 is 19.9 Å². The van der Waals surface area contributed by atoms with Gasteiger partial charge in [0.25, 0.3) is 11.8 Å². The Morgan fingerprint density at radius 3 is 2.32 bits per heavy atom. The van der Waals surface area contributed by atoms with E-state index in [1.54, 1.807) is 0 Å². The maximum Gasteiger partial charge on any atom is 0.260 e. The zero-order valence-electron chi connectivity index (χ0n) is 17.4. The Morgan fingerprint density at radius 1 is 1.11 bits per heavy atom. The second kappa shape index (κ2) is 9.41. The van der Waals surface area contributed by atoms with Crippen LogP contribution >= 0.6 is 0 Å². The highest BCUT2D eigenvalue weighted by Gasteiger charge is 2.24. The monoisotopic (exact) mass is 387 g/mol. The van der Waals surface area contributed by atoms with E-state index in [0.717, 1.165) is 63.0 Å². The number of aryl methyl sites for hydroxylation is 2. The van der Waals surface area contributed by atoms with Crippen LogP contribution in [0.5, 0.6) is 5.75 Å². The van der Waals surface area contributed by atoms with Crippen LogP contribution in [0.25, 0.3) is 0 Å². The molecule has 0 saturated carbocycles. The molecular weight excluding hydrogens is 354 g/mol. The van der Waals surface area contributed by atoms with E-state index in [0.29, 0.717) is 11.3 Å². The predicted molar refractivity (Wildman–Crippen MR) is 110 cm³/mol. The van der Waals surface area contributed by atoms with Crippen LogP contribution in [-0.4, -0.2) is 67.5 Å². The van der Waals surface area contributed by atoms with Crippen molar-refractivity contribution < 1.29 is 14.3 Å². The number of piperidine rings is 2. The predicted octanol–water partition coefficient (Wildman–Crippen LogP) is 2.52. The zero-order valence-corrected chi connectivity index (χ0v) is 17.4. The van der Waals surface area contributed by atoms with Crippen molar-refractivity contribution in [3.05, 3.63) is 28.8 Å². The SMILES string of the molecule is Cc1cc(C(=O)N(C)C2CCNCC2)cc(C)c1OCC(=O)N1CCCCC1. The van der Waals surface area contributed by atoms with Crippen LogP contribution in [0.1, 0.15) is 53.6 Å². The van der Waals surface area contributed by atoms with Crippen molar-refractivity contribution in [1.29, 1.82) is 0 Å². The number of hydrogen-bond donors (Lipinski definition) is 1. The first-order chi connectivity index (χ1) is 13.5. The van der Waals surface area contributed by atoms with Crippen LogP contribution in [0.2, 0.25) is 0 Å². The number of rotatable bonds is 5. The Labute approximate surface area is 168 Å².